The number of para-hydroxylation sites is 1. The second kappa shape index (κ2) is 6.42. The molecule has 1 aromatic carbocycles. The minimum absolute atomic E-state index is 0.0165. The third-order valence-electron chi connectivity index (χ3n) is 5.77. The molecule has 0 aromatic heterocycles. The van der Waals surface area contributed by atoms with Crippen LogP contribution in [0.4, 0.5) is 0 Å². The van der Waals surface area contributed by atoms with Gasteiger partial charge in [0.25, 0.3) is 0 Å². The molecule has 126 valence electrons. The smallest absolute Gasteiger partial charge is 0.124 e. The highest BCUT2D eigenvalue weighted by Crippen LogP contribution is 2.36. The normalized spacial score (nSPS) is 26.5. The van der Waals surface area contributed by atoms with Crippen molar-refractivity contribution < 1.29 is 9.47 Å². The maximum absolute atomic E-state index is 6.66. The predicted octanol–water partition coefficient (Wildman–Crippen LogP) is 2.52. The van der Waals surface area contributed by atoms with Crippen LogP contribution < -0.4 is 4.74 Å². The van der Waals surface area contributed by atoms with Crippen LogP contribution in [0.3, 0.4) is 0 Å². The van der Waals surface area contributed by atoms with Crippen molar-refractivity contribution in [1.82, 2.24) is 9.80 Å². The van der Waals surface area contributed by atoms with Crippen molar-refractivity contribution in [3.05, 3.63) is 29.8 Å². The third kappa shape index (κ3) is 3.25. The van der Waals surface area contributed by atoms with Gasteiger partial charge in [-0.25, -0.2) is 0 Å². The number of ether oxygens (including phenoxy) is 2. The summed E-state index contributed by atoms with van der Waals surface area (Å²) in [5.74, 6) is 1.10. The first-order chi connectivity index (χ1) is 11.2. The van der Waals surface area contributed by atoms with Crippen molar-refractivity contribution in [3.63, 3.8) is 0 Å². The van der Waals surface area contributed by atoms with Crippen molar-refractivity contribution in [2.45, 2.75) is 43.9 Å². The fourth-order valence-electron chi connectivity index (χ4n) is 4.24. The summed E-state index contributed by atoms with van der Waals surface area (Å²) in [5, 5.41) is 0. The number of hydrogen-bond donors (Lipinski definition) is 0. The van der Waals surface area contributed by atoms with Gasteiger partial charge in [-0.3, -0.25) is 4.90 Å². The molecule has 1 spiro atoms. The number of benzene rings is 1. The second-order valence-corrected chi connectivity index (χ2v) is 7.44. The lowest BCUT2D eigenvalue weighted by Gasteiger charge is -2.44. The van der Waals surface area contributed by atoms with Crippen LogP contribution in [0.2, 0.25) is 0 Å². The van der Waals surface area contributed by atoms with Gasteiger partial charge in [0.05, 0.1) is 0 Å². The van der Waals surface area contributed by atoms with Gasteiger partial charge in [0.1, 0.15) is 11.4 Å². The highest BCUT2D eigenvalue weighted by atomic mass is 16.5. The van der Waals surface area contributed by atoms with Crippen molar-refractivity contribution in [3.8, 4) is 5.75 Å². The Morgan fingerprint density at radius 3 is 2.61 bits per heavy atom. The van der Waals surface area contributed by atoms with Gasteiger partial charge in [-0.15, -0.1) is 0 Å². The Balaban J connectivity index is 1.63. The first kappa shape index (κ1) is 15.4. The van der Waals surface area contributed by atoms with Crippen LogP contribution in [0.15, 0.2) is 24.3 Å². The summed E-state index contributed by atoms with van der Waals surface area (Å²) in [7, 11) is 2.22. The summed E-state index contributed by atoms with van der Waals surface area (Å²) < 4.78 is 12.2. The van der Waals surface area contributed by atoms with Crippen LogP contribution in [0, 0.1) is 0 Å². The third-order valence-corrected chi connectivity index (χ3v) is 5.77. The van der Waals surface area contributed by atoms with E-state index in [4.69, 9.17) is 9.47 Å². The van der Waals surface area contributed by atoms with E-state index in [1.165, 1.54) is 5.56 Å². The zero-order valence-electron chi connectivity index (χ0n) is 14.2. The van der Waals surface area contributed by atoms with E-state index in [0.717, 1.165) is 70.8 Å². The molecule has 4 heteroatoms. The van der Waals surface area contributed by atoms with Gasteiger partial charge in [-0.2, -0.15) is 0 Å². The summed E-state index contributed by atoms with van der Waals surface area (Å²) >= 11 is 0. The average molecular weight is 316 g/mol. The van der Waals surface area contributed by atoms with Crippen molar-refractivity contribution in [1.29, 1.82) is 0 Å². The van der Waals surface area contributed by atoms with Gasteiger partial charge in [0.15, 0.2) is 0 Å². The molecule has 3 aliphatic heterocycles. The number of likely N-dealkylation sites (tertiary alicyclic amines) is 1. The lowest BCUT2D eigenvalue weighted by molar-refractivity contribution is -0.0381. The van der Waals surface area contributed by atoms with Gasteiger partial charge in [-0.1, -0.05) is 18.2 Å². The Labute approximate surface area is 139 Å². The van der Waals surface area contributed by atoms with E-state index >= 15 is 0 Å². The summed E-state index contributed by atoms with van der Waals surface area (Å²) in [4.78, 5) is 5.10. The van der Waals surface area contributed by atoms with Crippen LogP contribution in [0.5, 0.6) is 5.75 Å². The van der Waals surface area contributed by atoms with Crippen LogP contribution in [0.25, 0.3) is 0 Å². The Hall–Kier alpha value is -1.10. The first-order valence-electron chi connectivity index (χ1n) is 9.01. The minimum atomic E-state index is -0.0165. The van der Waals surface area contributed by atoms with E-state index < -0.39 is 0 Å². The summed E-state index contributed by atoms with van der Waals surface area (Å²) in [6, 6.07) is 9.26. The Bertz CT molecular complexity index is 534. The number of fused-ring (bicyclic) bond motifs is 1. The SMILES string of the molecule is CN1CCC2(CC1)CN(C1CCOCC1)Cc1ccccc1O2. The zero-order valence-corrected chi connectivity index (χ0v) is 14.2. The Morgan fingerprint density at radius 2 is 1.83 bits per heavy atom. The van der Waals surface area contributed by atoms with Crippen molar-refractivity contribution in [2.75, 3.05) is 39.9 Å². The molecule has 2 saturated heterocycles. The largest absolute Gasteiger partial charge is 0.486 e. The van der Waals surface area contributed by atoms with Gasteiger partial charge in [-0.05, 0) is 26.0 Å². The van der Waals surface area contributed by atoms with Crippen molar-refractivity contribution in [2.24, 2.45) is 0 Å². The Morgan fingerprint density at radius 1 is 1.09 bits per heavy atom. The molecule has 4 rings (SSSR count). The minimum Gasteiger partial charge on any atom is -0.486 e. The van der Waals surface area contributed by atoms with E-state index in [9.17, 15) is 0 Å². The van der Waals surface area contributed by atoms with Crippen LogP contribution >= 0.6 is 0 Å². The molecule has 0 radical (unpaired) electrons. The lowest BCUT2D eigenvalue weighted by atomic mass is 9.89. The molecule has 2 fully saturated rings. The quantitative estimate of drug-likeness (QED) is 0.795. The summed E-state index contributed by atoms with van der Waals surface area (Å²) in [6.07, 6.45) is 4.55. The maximum Gasteiger partial charge on any atom is 0.124 e. The zero-order chi connectivity index (χ0) is 15.7. The number of piperidine rings is 1. The van der Waals surface area contributed by atoms with E-state index in [1.807, 2.05) is 0 Å². The van der Waals surface area contributed by atoms with Crippen molar-refractivity contribution >= 4 is 0 Å². The molecule has 0 aliphatic carbocycles. The lowest BCUT2D eigenvalue weighted by Crippen LogP contribution is -2.54. The fourth-order valence-corrected chi connectivity index (χ4v) is 4.24. The molecular formula is C19H28N2O2. The maximum atomic E-state index is 6.66. The first-order valence-corrected chi connectivity index (χ1v) is 9.01. The molecule has 23 heavy (non-hydrogen) atoms. The standard InChI is InChI=1S/C19H28N2O2/c1-20-10-8-19(9-11-20)15-21(17-6-12-22-13-7-17)14-16-4-2-3-5-18(16)23-19/h2-5,17H,6-15H2,1H3. The highest BCUT2D eigenvalue weighted by Gasteiger charge is 2.41. The van der Waals surface area contributed by atoms with E-state index in [0.29, 0.717) is 6.04 Å². The molecule has 0 unspecified atom stereocenters. The van der Waals surface area contributed by atoms with Gasteiger partial charge in [0, 0.05) is 63.8 Å². The molecule has 0 atom stereocenters. The van der Waals surface area contributed by atoms with E-state index in [1.54, 1.807) is 0 Å². The molecule has 0 bridgehead atoms. The highest BCUT2D eigenvalue weighted by molar-refractivity contribution is 5.35. The number of rotatable bonds is 1. The van der Waals surface area contributed by atoms with Gasteiger partial charge >= 0.3 is 0 Å². The molecular weight excluding hydrogens is 288 g/mol. The fraction of sp³-hybridized carbons (Fsp3) is 0.684. The van der Waals surface area contributed by atoms with Gasteiger partial charge in [0.2, 0.25) is 0 Å². The molecule has 1 aromatic rings. The summed E-state index contributed by atoms with van der Waals surface area (Å²) in [6.45, 7) is 6.13. The number of hydrogen-bond acceptors (Lipinski definition) is 4. The predicted molar refractivity (Wildman–Crippen MR) is 90.8 cm³/mol. The van der Waals surface area contributed by atoms with Crippen LogP contribution in [-0.4, -0.2) is 61.3 Å². The van der Waals surface area contributed by atoms with E-state index in [-0.39, 0.29) is 5.60 Å². The monoisotopic (exact) mass is 316 g/mol. The van der Waals surface area contributed by atoms with E-state index in [2.05, 4.69) is 41.1 Å². The second-order valence-electron chi connectivity index (χ2n) is 7.44. The Kier molecular flexibility index (Phi) is 4.31. The number of nitrogens with zero attached hydrogens (tertiary/aromatic N) is 2. The molecule has 0 amide bonds. The summed E-state index contributed by atoms with van der Waals surface area (Å²) in [5.41, 5.74) is 1.33. The van der Waals surface area contributed by atoms with Crippen LogP contribution in [0.1, 0.15) is 31.2 Å². The average Bonchev–Trinajstić information content (AvgIpc) is 2.75. The van der Waals surface area contributed by atoms with Crippen LogP contribution in [-0.2, 0) is 11.3 Å². The molecule has 0 saturated carbocycles. The topological polar surface area (TPSA) is 24.9 Å². The molecule has 4 nitrogen and oxygen atoms in total. The molecule has 0 N–H and O–H groups in total. The van der Waals surface area contributed by atoms with Gasteiger partial charge < -0.3 is 14.4 Å². The molecule has 3 heterocycles. The molecule has 3 aliphatic rings.